The Morgan fingerprint density at radius 1 is 0.938 bits per heavy atom. The molecule has 1 aliphatic rings. The maximum absolute atomic E-state index is 13.5. The van der Waals surface area contributed by atoms with Gasteiger partial charge in [0.05, 0.1) is 5.57 Å². The molecular weight excluding hydrogens is 409 g/mol. The minimum Gasteiger partial charge on any atom is -0.382 e. The Morgan fingerprint density at radius 3 is 2.19 bits per heavy atom. The number of carbonyl (C=O) groups excluding carboxylic acids is 2. The summed E-state index contributed by atoms with van der Waals surface area (Å²) in [7, 11) is 0. The van der Waals surface area contributed by atoms with Gasteiger partial charge in [-0.05, 0) is 69.2 Å². The summed E-state index contributed by atoms with van der Waals surface area (Å²) in [6.45, 7) is 9.19. The van der Waals surface area contributed by atoms with Gasteiger partial charge < -0.3 is 15.0 Å². The zero-order valence-corrected chi connectivity index (χ0v) is 18.9. The second-order valence-corrected chi connectivity index (χ2v) is 7.41. The number of hydrogen-bond donors (Lipinski definition) is 1. The lowest BCUT2D eigenvalue weighted by Gasteiger charge is -2.21. The molecule has 6 nitrogen and oxygen atoms in total. The highest BCUT2D eigenvalue weighted by Crippen LogP contribution is 2.31. The topological polar surface area (TPSA) is 61.9 Å². The minimum atomic E-state index is -0.402. The van der Waals surface area contributed by atoms with Crippen LogP contribution in [0.4, 0.5) is 15.8 Å². The molecule has 2 amide bonds. The van der Waals surface area contributed by atoms with Gasteiger partial charge in [-0.3, -0.25) is 14.5 Å². The summed E-state index contributed by atoms with van der Waals surface area (Å²) < 4.78 is 18.8. The van der Waals surface area contributed by atoms with Gasteiger partial charge in [-0.25, -0.2) is 4.39 Å². The number of benzene rings is 2. The molecule has 2 aromatic rings. The summed E-state index contributed by atoms with van der Waals surface area (Å²) >= 11 is 0. The summed E-state index contributed by atoms with van der Waals surface area (Å²) in [6.07, 6.45) is 0.549. The Bertz CT molecular complexity index is 967. The smallest absolute Gasteiger partial charge is 0.278 e. The highest BCUT2D eigenvalue weighted by molar-refractivity contribution is 6.36. The molecule has 0 saturated heterocycles. The third kappa shape index (κ3) is 5.16. The van der Waals surface area contributed by atoms with E-state index in [-0.39, 0.29) is 23.7 Å². The molecule has 0 unspecified atom stereocenters. The average molecular weight is 440 g/mol. The summed E-state index contributed by atoms with van der Waals surface area (Å²) in [6, 6.07) is 13.3. The van der Waals surface area contributed by atoms with Gasteiger partial charge in [0.1, 0.15) is 11.5 Å². The fraction of sp³-hybridized carbons (Fsp3) is 0.360. The number of carbonyl (C=O) groups is 2. The first kappa shape index (κ1) is 23.5. The van der Waals surface area contributed by atoms with Crippen molar-refractivity contribution in [3.63, 3.8) is 0 Å². The van der Waals surface area contributed by atoms with Crippen LogP contribution in [-0.4, -0.2) is 49.6 Å². The monoisotopic (exact) mass is 439 g/mol. The summed E-state index contributed by atoms with van der Waals surface area (Å²) in [5.41, 5.74) is 2.74. The van der Waals surface area contributed by atoms with Gasteiger partial charge in [0.15, 0.2) is 0 Å². The maximum atomic E-state index is 13.5. The molecular formula is C25H30FN3O3. The van der Waals surface area contributed by atoms with Gasteiger partial charge in [-0.2, -0.15) is 0 Å². The molecule has 0 aromatic heterocycles. The van der Waals surface area contributed by atoms with Crippen molar-refractivity contribution >= 4 is 28.8 Å². The lowest BCUT2D eigenvalue weighted by Crippen LogP contribution is -2.34. The summed E-state index contributed by atoms with van der Waals surface area (Å²) in [5, 5.41) is 3.14. The number of imide groups is 1. The molecule has 3 rings (SSSR count). The van der Waals surface area contributed by atoms with E-state index in [1.54, 1.807) is 0 Å². The van der Waals surface area contributed by atoms with Crippen molar-refractivity contribution in [3.8, 4) is 0 Å². The fourth-order valence-electron chi connectivity index (χ4n) is 3.74. The number of nitrogens with zero attached hydrogens (tertiary/aromatic N) is 2. The van der Waals surface area contributed by atoms with E-state index in [0.717, 1.165) is 18.8 Å². The Balaban J connectivity index is 1.89. The van der Waals surface area contributed by atoms with Crippen LogP contribution in [0.2, 0.25) is 0 Å². The van der Waals surface area contributed by atoms with Gasteiger partial charge >= 0.3 is 0 Å². The average Bonchev–Trinajstić information content (AvgIpc) is 3.03. The Kier molecular flexibility index (Phi) is 8.00. The predicted molar refractivity (Wildman–Crippen MR) is 125 cm³/mol. The molecule has 1 heterocycles. The molecule has 0 bridgehead atoms. The molecule has 7 heteroatoms. The SMILES string of the molecule is CCOCCCN1C(=O)C(Nc2ccc(N(CC)CC)cc2)=C(c2ccc(F)cc2)C1=O. The lowest BCUT2D eigenvalue weighted by molar-refractivity contribution is -0.137. The third-order valence-corrected chi connectivity index (χ3v) is 5.44. The van der Waals surface area contributed by atoms with E-state index in [1.165, 1.54) is 29.2 Å². The number of anilines is 2. The first-order valence-electron chi connectivity index (χ1n) is 11.1. The van der Waals surface area contributed by atoms with Crippen LogP contribution in [0.25, 0.3) is 5.57 Å². The first-order valence-corrected chi connectivity index (χ1v) is 11.1. The molecule has 1 aliphatic heterocycles. The van der Waals surface area contributed by atoms with Crippen LogP contribution in [0.1, 0.15) is 32.8 Å². The normalized spacial score (nSPS) is 13.8. The van der Waals surface area contributed by atoms with E-state index in [1.807, 2.05) is 31.2 Å². The van der Waals surface area contributed by atoms with E-state index >= 15 is 0 Å². The van der Waals surface area contributed by atoms with Crippen molar-refractivity contribution in [2.45, 2.75) is 27.2 Å². The molecule has 170 valence electrons. The molecule has 0 fully saturated rings. The minimum absolute atomic E-state index is 0.202. The standard InChI is InChI=1S/C25H30FN3O3/c1-4-28(5-2)21-14-12-20(13-15-21)27-23-22(18-8-10-19(26)11-9-18)24(30)29(25(23)31)16-7-17-32-6-3/h8-15,27H,4-7,16-17H2,1-3H3. The Hall–Kier alpha value is -3.19. The number of amides is 2. The number of hydrogen-bond acceptors (Lipinski definition) is 5. The van der Waals surface area contributed by atoms with Gasteiger partial charge in [0.2, 0.25) is 0 Å². The van der Waals surface area contributed by atoms with Crippen LogP contribution < -0.4 is 10.2 Å². The molecule has 1 N–H and O–H groups in total. The van der Waals surface area contributed by atoms with E-state index < -0.39 is 11.7 Å². The van der Waals surface area contributed by atoms with Crippen LogP contribution in [0.3, 0.4) is 0 Å². The first-order chi connectivity index (χ1) is 15.5. The van der Waals surface area contributed by atoms with Crippen molar-refractivity contribution in [1.82, 2.24) is 4.90 Å². The summed E-state index contributed by atoms with van der Waals surface area (Å²) in [5.74, 6) is -1.18. The number of nitrogens with one attached hydrogen (secondary N) is 1. The molecule has 0 radical (unpaired) electrons. The molecule has 0 aliphatic carbocycles. The largest absolute Gasteiger partial charge is 0.382 e. The van der Waals surface area contributed by atoms with Crippen LogP contribution in [0.5, 0.6) is 0 Å². The molecule has 0 spiro atoms. The highest BCUT2D eigenvalue weighted by atomic mass is 19.1. The molecule has 2 aromatic carbocycles. The maximum Gasteiger partial charge on any atom is 0.278 e. The predicted octanol–water partition coefficient (Wildman–Crippen LogP) is 4.29. The third-order valence-electron chi connectivity index (χ3n) is 5.44. The number of rotatable bonds is 11. The van der Waals surface area contributed by atoms with E-state index in [9.17, 15) is 14.0 Å². The van der Waals surface area contributed by atoms with Crippen molar-refractivity contribution in [1.29, 1.82) is 0 Å². The van der Waals surface area contributed by atoms with Gasteiger partial charge in [0, 0.05) is 44.2 Å². The van der Waals surface area contributed by atoms with Crippen molar-refractivity contribution in [3.05, 3.63) is 65.6 Å². The Morgan fingerprint density at radius 2 is 1.59 bits per heavy atom. The Labute approximate surface area is 188 Å². The van der Waals surface area contributed by atoms with Crippen molar-refractivity contribution in [2.75, 3.05) is 43.1 Å². The van der Waals surface area contributed by atoms with Gasteiger partial charge in [-0.15, -0.1) is 0 Å². The zero-order valence-electron chi connectivity index (χ0n) is 18.9. The van der Waals surface area contributed by atoms with Crippen LogP contribution in [0, 0.1) is 5.82 Å². The number of ether oxygens (including phenoxy) is 1. The van der Waals surface area contributed by atoms with E-state index in [2.05, 4.69) is 24.1 Å². The lowest BCUT2D eigenvalue weighted by atomic mass is 10.0. The van der Waals surface area contributed by atoms with E-state index in [4.69, 9.17) is 4.74 Å². The molecule has 32 heavy (non-hydrogen) atoms. The number of halogens is 1. The van der Waals surface area contributed by atoms with Crippen molar-refractivity contribution < 1.29 is 18.7 Å². The molecule has 0 atom stereocenters. The van der Waals surface area contributed by atoms with Gasteiger partial charge in [0.25, 0.3) is 11.8 Å². The second kappa shape index (κ2) is 10.9. The van der Waals surface area contributed by atoms with E-state index in [0.29, 0.717) is 30.9 Å². The fourth-order valence-corrected chi connectivity index (χ4v) is 3.74. The second-order valence-electron chi connectivity index (χ2n) is 7.41. The van der Waals surface area contributed by atoms with Crippen molar-refractivity contribution in [2.24, 2.45) is 0 Å². The molecule has 0 saturated carbocycles. The van der Waals surface area contributed by atoms with Gasteiger partial charge in [-0.1, -0.05) is 12.1 Å². The van der Waals surface area contributed by atoms with Crippen LogP contribution in [0.15, 0.2) is 54.2 Å². The van der Waals surface area contributed by atoms with Crippen LogP contribution >= 0.6 is 0 Å². The summed E-state index contributed by atoms with van der Waals surface area (Å²) in [4.78, 5) is 29.8. The quantitative estimate of drug-likeness (QED) is 0.418. The van der Waals surface area contributed by atoms with Crippen LogP contribution in [-0.2, 0) is 14.3 Å². The zero-order chi connectivity index (χ0) is 23.1. The highest BCUT2D eigenvalue weighted by Gasteiger charge is 2.38.